The van der Waals surface area contributed by atoms with E-state index in [0.29, 0.717) is 11.8 Å². The summed E-state index contributed by atoms with van der Waals surface area (Å²) in [7, 11) is 0. The highest BCUT2D eigenvalue weighted by Gasteiger charge is 2.19. The SMILES string of the molecule is CC([C]=O)=CCC1CCC(CC=C(C)[C]=O)CC1. The molecule has 0 atom stereocenters. The Morgan fingerprint density at radius 2 is 1.22 bits per heavy atom. The molecule has 2 heteroatoms. The van der Waals surface area contributed by atoms with Crippen LogP contribution in [0.5, 0.6) is 0 Å². The lowest BCUT2D eigenvalue weighted by Gasteiger charge is -2.27. The van der Waals surface area contributed by atoms with Gasteiger partial charge in [-0.3, -0.25) is 9.59 Å². The Hall–Kier alpha value is -1.18. The van der Waals surface area contributed by atoms with Crippen LogP contribution in [0, 0.1) is 11.8 Å². The average Bonchev–Trinajstić information content (AvgIpc) is 2.43. The zero-order valence-corrected chi connectivity index (χ0v) is 11.4. The number of allylic oxidation sites excluding steroid dienone is 4. The molecular formula is C16H22O2. The molecule has 1 aliphatic rings. The molecule has 0 amide bonds. The first kappa shape index (κ1) is 14.9. The Labute approximate surface area is 110 Å². The maximum atomic E-state index is 10.4. The predicted octanol–water partition coefficient (Wildman–Crippen LogP) is 3.69. The van der Waals surface area contributed by atoms with Crippen LogP contribution in [0.4, 0.5) is 0 Å². The molecule has 0 aromatic rings. The van der Waals surface area contributed by atoms with Crippen molar-refractivity contribution in [3.8, 4) is 0 Å². The van der Waals surface area contributed by atoms with E-state index >= 15 is 0 Å². The second-order valence-corrected chi connectivity index (χ2v) is 5.34. The third-order valence-corrected chi connectivity index (χ3v) is 3.80. The van der Waals surface area contributed by atoms with Crippen molar-refractivity contribution in [3.63, 3.8) is 0 Å². The monoisotopic (exact) mass is 246 g/mol. The minimum absolute atomic E-state index is 0.715. The minimum atomic E-state index is 0.715. The van der Waals surface area contributed by atoms with Crippen LogP contribution in [0.15, 0.2) is 23.3 Å². The van der Waals surface area contributed by atoms with Crippen LogP contribution in [-0.4, -0.2) is 12.6 Å². The molecule has 0 aromatic carbocycles. The Morgan fingerprint density at radius 1 is 0.889 bits per heavy atom. The molecule has 1 rings (SSSR count). The summed E-state index contributed by atoms with van der Waals surface area (Å²) >= 11 is 0. The van der Waals surface area contributed by atoms with Gasteiger partial charge in [-0.05, 0) is 75.4 Å². The van der Waals surface area contributed by atoms with Crippen LogP contribution in [0.25, 0.3) is 0 Å². The average molecular weight is 246 g/mol. The zero-order valence-electron chi connectivity index (χ0n) is 11.4. The molecule has 0 N–H and O–H groups in total. The maximum Gasteiger partial charge on any atom is 0.228 e. The largest absolute Gasteiger partial charge is 0.285 e. The smallest absolute Gasteiger partial charge is 0.228 e. The van der Waals surface area contributed by atoms with Crippen molar-refractivity contribution in [2.75, 3.05) is 0 Å². The molecule has 2 nitrogen and oxygen atoms in total. The van der Waals surface area contributed by atoms with E-state index in [1.807, 2.05) is 38.6 Å². The fourth-order valence-corrected chi connectivity index (χ4v) is 2.47. The van der Waals surface area contributed by atoms with E-state index in [1.165, 1.54) is 25.7 Å². The van der Waals surface area contributed by atoms with Crippen molar-refractivity contribution in [2.24, 2.45) is 11.8 Å². The van der Waals surface area contributed by atoms with Crippen LogP contribution in [0.1, 0.15) is 52.4 Å². The van der Waals surface area contributed by atoms with Gasteiger partial charge in [-0.2, -0.15) is 0 Å². The first-order valence-electron chi connectivity index (χ1n) is 6.75. The molecule has 1 saturated carbocycles. The summed E-state index contributed by atoms with van der Waals surface area (Å²) in [5.74, 6) is 1.43. The molecular weight excluding hydrogens is 224 g/mol. The standard InChI is InChI=1S/C16H22O2/c1-13(11-17)3-5-15-7-9-16(10-8-15)6-4-14(2)12-18/h3-4,15-16H,5-10H2,1-2H3. The topological polar surface area (TPSA) is 34.1 Å². The van der Waals surface area contributed by atoms with Crippen LogP contribution < -0.4 is 0 Å². The molecule has 0 heterocycles. The molecule has 2 radical (unpaired) electrons. The summed E-state index contributed by atoms with van der Waals surface area (Å²) in [5.41, 5.74) is 1.44. The lowest BCUT2D eigenvalue weighted by molar-refractivity contribution is 0.277. The lowest BCUT2D eigenvalue weighted by atomic mass is 9.79. The van der Waals surface area contributed by atoms with Crippen LogP contribution in [-0.2, 0) is 9.59 Å². The Morgan fingerprint density at radius 3 is 1.50 bits per heavy atom. The van der Waals surface area contributed by atoms with E-state index in [9.17, 15) is 9.59 Å². The first-order valence-corrected chi connectivity index (χ1v) is 6.75. The first-order chi connectivity index (χ1) is 8.65. The molecule has 0 saturated heterocycles. The molecule has 0 unspecified atom stereocenters. The molecule has 1 aliphatic carbocycles. The molecule has 0 bridgehead atoms. The fraction of sp³-hybridized carbons (Fsp3) is 0.625. The summed E-state index contributed by atoms with van der Waals surface area (Å²) in [4.78, 5) is 20.8. The molecule has 0 aromatic heterocycles. The van der Waals surface area contributed by atoms with Crippen molar-refractivity contribution in [1.82, 2.24) is 0 Å². The van der Waals surface area contributed by atoms with Gasteiger partial charge in [-0.1, -0.05) is 12.2 Å². The van der Waals surface area contributed by atoms with Gasteiger partial charge in [0.1, 0.15) is 0 Å². The normalized spacial score (nSPS) is 25.9. The Kier molecular flexibility index (Phi) is 6.63. The van der Waals surface area contributed by atoms with Gasteiger partial charge in [0, 0.05) is 0 Å². The van der Waals surface area contributed by atoms with Crippen molar-refractivity contribution in [1.29, 1.82) is 0 Å². The third-order valence-electron chi connectivity index (χ3n) is 3.80. The molecule has 18 heavy (non-hydrogen) atoms. The van der Waals surface area contributed by atoms with Crippen LogP contribution in [0.3, 0.4) is 0 Å². The molecule has 1 fully saturated rings. The summed E-state index contributed by atoms with van der Waals surface area (Å²) in [6, 6.07) is 0. The van der Waals surface area contributed by atoms with Crippen LogP contribution >= 0.6 is 0 Å². The second kappa shape index (κ2) is 8.02. The number of carbonyl (C=O) groups excluding carboxylic acids is 2. The zero-order chi connectivity index (χ0) is 13.4. The summed E-state index contributed by atoms with van der Waals surface area (Å²) < 4.78 is 0. The van der Waals surface area contributed by atoms with Crippen molar-refractivity contribution < 1.29 is 9.59 Å². The van der Waals surface area contributed by atoms with Gasteiger partial charge < -0.3 is 0 Å². The minimum Gasteiger partial charge on any atom is -0.285 e. The number of rotatable bonds is 6. The van der Waals surface area contributed by atoms with Gasteiger partial charge in [0.2, 0.25) is 12.6 Å². The summed E-state index contributed by atoms with van der Waals surface area (Å²) in [6.07, 6.45) is 14.8. The van der Waals surface area contributed by atoms with Crippen molar-refractivity contribution in [2.45, 2.75) is 52.4 Å². The summed E-state index contributed by atoms with van der Waals surface area (Å²) in [5, 5.41) is 0. The molecule has 0 aliphatic heterocycles. The molecule has 98 valence electrons. The van der Waals surface area contributed by atoms with Gasteiger partial charge in [-0.25, -0.2) is 0 Å². The van der Waals surface area contributed by atoms with E-state index in [-0.39, 0.29) is 0 Å². The molecule has 0 spiro atoms. The van der Waals surface area contributed by atoms with Gasteiger partial charge in [0.05, 0.1) is 0 Å². The second-order valence-electron chi connectivity index (χ2n) is 5.34. The summed E-state index contributed by atoms with van der Waals surface area (Å²) in [6.45, 7) is 3.62. The van der Waals surface area contributed by atoms with Crippen molar-refractivity contribution in [3.05, 3.63) is 23.3 Å². The van der Waals surface area contributed by atoms with Crippen molar-refractivity contribution >= 4 is 12.6 Å². The van der Waals surface area contributed by atoms with E-state index < -0.39 is 0 Å². The van der Waals surface area contributed by atoms with E-state index in [0.717, 1.165) is 24.0 Å². The fourth-order valence-electron chi connectivity index (χ4n) is 2.47. The number of hydrogen-bond acceptors (Lipinski definition) is 2. The highest BCUT2D eigenvalue weighted by atomic mass is 16.1. The van der Waals surface area contributed by atoms with Crippen LogP contribution in [0.2, 0.25) is 0 Å². The third kappa shape index (κ3) is 5.44. The van der Waals surface area contributed by atoms with Gasteiger partial charge >= 0.3 is 0 Å². The highest BCUT2D eigenvalue weighted by molar-refractivity contribution is 5.73. The van der Waals surface area contributed by atoms with E-state index in [2.05, 4.69) is 0 Å². The van der Waals surface area contributed by atoms with Gasteiger partial charge in [-0.15, -0.1) is 0 Å². The highest BCUT2D eigenvalue weighted by Crippen LogP contribution is 2.33. The lowest BCUT2D eigenvalue weighted by Crippen LogP contribution is -2.13. The van der Waals surface area contributed by atoms with E-state index in [4.69, 9.17) is 0 Å². The van der Waals surface area contributed by atoms with Gasteiger partial charge in [0.15, 0.2) is 0 Å². The quantitative estimate of drug-likeness (QED) is 0.670. The predicted molar refractivity (Wildman–Crippen MR) is 73.6 cm³/mol. The van der Waals surface area contributed by atoms with Gasteiger partial charge in [0.25, 0.3) is 0 Å². The number of hydrogen-bond donors (Lipinski definition) is 0. The maximum absolute atomic E-state index is 10.4. The Balaban J connectivity index is 2.28. The Bertz CT molecular complexity index is 297. The van der Waals surface area contributed by atoms with E-state index in [1.54, 1.807) is 0 Å².